The van der Waals surface area contributed by atoms with Gasteiger partial charge in [-0.05, 0) is 109 Å². The van der Waals surface area contributed by atoms with E-state index in [9.17, 15) is 36.7 Å². The number of benzene rings is 2. The molecule has 0 radical (unpaired) electrons. The van der Waals surface area contributed by atoms with Gasteiger partial charge in [-0.3, -0.25) is 19.2 Å². The molecule has 4 N–H and O–H groups in total. The third-order valence-corrected chi connectivity index (χ3v) is 14.8. The second kappa shape index (κ2) is 18.7. The molecule has 1 unspecified atom stereocenters. The van der Waals surface area contributed by atoms with Crippen molar-refractivity contribution in [1.29, 1.82) is 0 Å². The zero-order chi connectivity index (χ0) is 47.1. The van der Waals surface area contributed by atoms with Crippen LogP contribution >= 0.6 is 0 Å². The number of alkyl carbamates (subject to hydrolysis) is 1. The summed E-state index contributed by atoms with van der Waals surface area (Å²) in [4.78, 5) is 48.5. The summed E-state index contributed by atoms with van der Waals surface area (Å²) in [6, 6.07) is 12.3. The highest BCUT2D eigenvalue weighted by molar-refractivity contribution is 7.91. The van der Waals surface area contributed by atoms with Gasteiger partial charge in [0.1, 0.15) is 35.1 Å². The number of aromatic nitrogens is 1. The smallest absolute Gasteiger partial charge is 0.408 e. The lowest BCUT2D eigenvalue weighted by atomic mass is 9.93. The van der Waals surface area contributed by atoms with Gasteiger partial charge in [0.25, 0.3) is 11.8 Å². The van der Waals surface area contributed by atoms with Gasteiger partial charge in [0.05, 0.1) is 41.8 Å². The Bertz CT molecular complexity index is 2390. The van der Waals surface area contributed by atoms with Crippen molar-refractivity contribution in [3.8, 4) is 28.5 Å². The van der Waals surface area contributed by atoms with Crippen LogP contribution in [0.5, 0.6) is 17.2 Å². The first kappa shape index (κ1) is 47.9. The number of aliphatic hydroxyl groups excluding tert-OH is 1. The number of hydrogen-bond acceptors (Lipinski definition) is 12. The molecule has 2 saturated carbocycles. The summed E-state index contributed by atoms with van der Waals surface area (Å²) in [6.45, 7) is 8.45. The Morgan fingerprint density at radius 3 is 2.40 bits per heavy atom. The van der Waals surface area contributed by atoms with Crippen LogP contribution in [0, 0.1) is 11.8 Å². The van der Waals surface area contributed by atoms with Crippen LogP contribution in [0.1, 0.15) is 92.9 Å². The number of allylic oxidation sites excluding steroid dienone is 1. The van der Waals surface area contributed by atoms with E-state index in [1.54, 1.807) is 25.3 Å². The molecule has 3 fully saturated rings. The first-order valence-corrected chi connectivity index (χ1v) is 23.9. The minimum absolute atomic E-state index is 0.0152. The molecule has 7 atom stereocenters. The van der Waals surface area contributed by atoms with Crippen molar-refractivity contribution < 1.29 is 55.6 Å². The Balaban J connectivity index is 1.24. The summed E-state index contributed by atoms with van der Waals surface area (Å²) < 4.78 is 80.6. The number of methoxy groups -OCH3 is 1. The summed E-state index contributed by atoms with van der Waals surface area (Å²) >= 11 is 0. The Kier molecular flexibility index (Phi) is 13.7. The van der Waals surface area contributed by atoms with Gasteiger partial charge in [-0.25, -0.2) is 27.0 Å². The first-order chi connectivity index (χ1) is 30.6. The monoisotopic (exact) mass is 925 g/mol. The lowest BCUT2D eigenvalue weighted by molar-refractivity contribution is -0.152. The number of hydrogen-bond donors (Lipinski definition) is 4. The van der Waals surface area contributed by atoms with E-state index >= 15 is 0 Å². The van der Waals surface area contributed by atoms with E-state index in [2.05, 4.69) is 15.4 Å². The Morgan fingerprint density at radius 2 is 1.74 bits per heavy atom. The number of nitrogens with one attached hydrogen (secondary N) is 3. The maximum atomic E-state index is 14.8. The molecule has 1 aromatic heterocycles. The second-order valence-corrected chi connectivity index (χ2v) is 20.7. The van der Waals surface area contributed by atoms with E-state index in [4.69, 9.17) is 23.9 Å². The average molecular weight is 926 g/mol. The van der Waals surface area contributed by atoms with Crippen LogP contribution in [-0.4, -0.2) is 108 Å². The number of pyridine rings is 1. The van der Waals surface area contributed by atoms with Crippen molar-refractivity contribution in [2.75, 3.05) is 13.7 Å². The van der Waals surface area contributed by atoms with E-state index in [0.29, 0.717) is 79.3 Å². The zero-order valence-electron chi connectivity index (χ0n) is 37.9. The standard InChI is InChI=1S/C47H61F2N5O10S/c1-27(2)62-31-16-14-29(15-17-31)36-24-39(35-21-18-32(61-7)22-37(35)50-36)63-33-23-38-41(55)52-47(43(57)53-65(59,60)34-19-20-34)25-30(47)13-11-9-8-10-12-28(3)40(42(56)54(38)26-33)51-44(58)64-45(4,5)46(6,48)49/h11,13-18,21-22,24,27-28,30,33-34,38,40,42,56H,8-10,12,19-20,23,25-26H2,1-7H3,(H,51,58)(H,52,55)(H,53,57)/b13-11-/t28-,30-,33-,38+,40+,42?,47-/m1/s1. The van der Waals surface area contributed by atoms with Gasteiger partial charge in [0.15, 0.2) is 5.60 Å². The van der Waals surface area contributed by atoms with Crippen molar-refractivity contribution in [2.24, 2.45) is 11.8 Å². The molecule has 354 valence electrons. The van der Waals surface area contributed by atoms with Gasteiger partial charge in [0, 0.05) is 48.9 Å². The molecule has 3 amide bonds. The van der Waals surface area contributed by atoms with Gasteiger partial charge in [-0.2, -0.15) is 0 Å². The number of carbonyl (C=O) groups is 3. The molecule has 4 aliphatic rings. The summed E-state index contributed by atoms with van der Waals surface area (Å²) in [5, 5.41) is 17.9. The Labute approximate surface area is 379 Å². The van der Waals surface area contributed by atoms with E-state index in [1.165, 1.54) is 4.90 Å². The van der Waals surface area contributed by atoms with Crippen LogP contribution < -0.4 is 29.6 Å². The van der Waals surface area contributed by atoms with Gasteiger partial charge >= 0.3 is 6.09 Å². The largest absolute Gasteiger partial charge is 0.497 e. The molecular formula is C47H61F2N5O10S. The predicted molar refractivity (Wildman–Crippen MR) is 239 cm³/mol. The van der Waals surface area contributed by atoms with E-state index in [0.717, 1.165) is 19.4 Å². The molecule has 0 spiro atoms. The fourth-order valence-corrected chi connectivity index (χ4v) is 9.86. The predicted octanol–water partition coefficient (Wildman–Crippen LogP) is 6.62. The van der Waals surface area contributed by atoms with E-state index < -0.39 is 86.5 Å². The fraction of sp³-hybridized carbons (Fsp3) is 0.574. The van der Waals surface area contributed by atoms with Crippen molar-refractivity contribution >= 4 is 38.8 Å². The SMILES string of the molecule is COc1ccc2c(O[C@@H]3C[C@H]4C(=O)N[C@]5(C(=O)NS(=O)(=O)C6CC6)C[C@H]5/C=C\CCCC[C@@H](C)[C@H](NC(=O)OC(C)(C)C(C)(F)F)C(O)N4C3)cc(-c3ccc(OC(C)C)cc3)nc2c1. The molecular weight excluding hydrogens is 865 g/mol. The van der Waals surface area contributed by atoms with Gasteiger partial charge in [-0.15, -0.1) is 0 Å². The number of rotatable bonds is 12. The minimum atomic E-state index is -3.96. The zero-order valence-corrected chi connectivity index (χ0v) is 38.8. The summed E-state index contributed by atoms with van der Waals surface area (Å²) in [6.07, 6.45) is 3.64. The van der Waals surface area contributed by atoms with Crippen LogP contribution in [0.2, 0.25) is 0 Å². The minimum Gasteiger partial charge on any atom is -0.497 e. The van der Waals surface area contributed by atoms with Gasteiger partial charge in [0.2, 0.25) is 15.9 Å². The molecule has 2 aromatic carbocycles. The van der Waals surface area contributed by atoms with Gasteiger partial charge < -0.3 is 34.7 Å². The average Bonchev–Trinajstić information content (AvgIpc) is 4.16. The number of halogens is 2. The lowest BCUT2D eigenvalue weighted by Gasteiger charge is -2.38. The maximum absolute atomic E-state index is 14.8. The maximum Gasteiger partial charge on any atom is 0.408 e. The number of alkyl halides is 2. The highest BCUT2D eigenvalue weighted by Crippen LogP contribution is 2.46. The number of nitrogens with zero attached hydrogens (tertiary/aromatic N) is 2. The molecule has 15 nitrogen and oxygen atoms in total. The number of fused-ring (bicyclic) bond motifs is 3. The van der Waals surface area contributed by atoms with Crippen LogP contribution in [0.4, 0.5) is 13.6 Å². The van der Waals surface area contributed by atoms with Crippen molar-refractivity contribution in [3.05, 3.63) is 60.7 Å². The molecule has 2 aliphatic heterocycles. The van der Waals surface area contributed by atoms with Gasteiger partial charge in [-0.1, -0.05) is 25.5 Å². The topological polar surface area (TPSA) is 195 Å². The second-order valence-electron chi connectivity index (χ2n) is 18.8. The molecule has 18 heteroatoms. The molecule has 1 saturated heterocycles. The summed E-state index contributed by atoms with van der Waals surface area (Å²) in [5.41, 5.74) is -1.88. The molecule has 0 bridgehead atoms. The molecule has 3 heterocycles. The van der Waals surface area contributed by atoms with Crippen molar-refractivity contribution in [1.82, 2.24) is 25.2 Å². The van der Waals surface area contributed by atoms with E-state index in [1.807, 2.05) is 63.3 Å². The third kappa shape index (κ3) is 10.8. The number of carbonyl (C=O) groups excluding carboxylic acids is 3. The molecule has 65 heavy (non-hydrogen) atoms. The number of ether oxygens (including phenoxy) is 4. The number of sulfonamides is 1. The molecule has 2 aliphatic carbocycles. The van der Waals surface area contributed by atoms with E-state index in [-0.39, 0.29) is 25.5 Å². The Morgan fingerprint density at radius 1 is 1.03 bits per heavy atom. The quantitative estimate of drug-likeness (QED) is 0.142. The normalized spacial score (nSPS) is 27.3. The number of aliphatic hydroxyl groups is 1. The van der Waals surface area contributed by atoms with Crippen LogP contribution in [0.3, 0.4) is 0 Å². The highest BCUT2D eigenvalue weighted by atomic mass is 32.2. The first-order valence-electron chi connectivity index (χ1n) is 22.4. The fourth-order valence-electron chi connectivity index (χ4n) is 8.50. The Hall–Kier alpha value is -5.07. The van der Waals surface area contributed by atoms with Crippen molar-refractivity contribution in [3.63, 3.8) is 0 Å². The molecule has 3 aromatic rings. The lowest BCUT2D eigenvalue weighted by Crippen LogP contribution is -2.61. The molecule has 7 rings (SSSR count). The van der Waals surface area contributed by atoms with Crippen LogP contribution in [0.15, 0.2) is 60.7 Å². The highest BCUT2D eigenvalue weighted by Gasteiger charge is 2.62. The number of amides is 3. The van der Waals surface area contributed by atoms with Crippen LogP contribution in [0.25, 0.3) is 22.2 Å². The van der Waals surface area contributed by atoms with Crippen molar-refractivity contribution in [2.45, 2.75) is 146 Å². The summed E-state index contributed by atoms with van der Waals surface area (Å²) in [7, 11) is -2.41. The third-order valence-electron chi connectivity index (χ3n) is 13.0. The van der Waals surface area contributed by atoms with Crippen LogP contribution in [-0.2, 0) is 24.3 Å². The summed E-state index contributed by atoms with van der Waals surface area (Å²) in [5.74, 6) is -4.18.